The van der Waals surface area contributed by atoms with Gasteiger partial charge in [-0.1, -0.05) is 0 Å². The molecule has 0 saturated carbocycles. The first-order valence-electron chi connectivity index (χ1n) is 4.64. The van der Waals surface area contributed by atoms with Gasteiger partial charge in [-0.25, -0.2) is 0 Å². The monoisotopic (exact) mass is 1860 g/mol. The molecule has 0 rings (SSSR count). The van der Waals surface area contributed by atoms with Gasteiger partial charge in [0.15, 0.2) is 0 Å². The molecular weight excluding hydrogens is 1860 g/mol. The van der Waals surface area contributed by atoms with Gasteiger partial charge in [0, 0.05) is 0 Å². The molecule has 0 aromatic heterocycles. The molecule has 0 spiro atoms. The molecule has 0 heterocycles. The molecule has 0 aliphatic heterocycles. The molecule has 6 radical (unpaired) electrons. The minimum absolute atomic E-state index is 0. The third kappa shape index (κ3) is 1110. The molecule has 39 heavy (non-hydrogen) atoms. The average Bonchev–Trinajstić information content (AvgIpc) is 2.30. The maximum absolute atomic E-state index is 8.61. The first-order valence-corrected chi connectivity index (χ1v) is 27.5. The van der Waals surface area contributed by atoms with Gasteiger partial charge < -0.3 is 0 Å². The Labute approximate surface area is 404 Å². The Hall–Kier alpha value is 9.39. The van der Waals surface area contributed by atoms with E-state index in [2.05, 4.69) is 0 Å². The zero-order valence-electron chi connectivity index (χ0n) is 17.7. The fourth-order valence-electron chi connectivity index (χ4n) is 0. The molecule has 0 aliphatic carbocycles. The second kappa shape index (κ2) is 91.5. The number of hydrogen-bond donors (Lipinski definition) is 0. The van der Waals surface area contributed by atoms with Crippen molar-refractivity contribution in [3.05, 3.63) is 0 Å². The van der Waals surface area contributed by atoms with E-state index in [1.807, 2.05) is 0 Å². The molecule has 24 nitrogen and oxygen atoms in total. The average molecular weight is 1860 g/mol. The van der Waals surface area contributed by atoms with Gasteiger partial charge in [-0.15, -0.1) is 0 Å². The van der Waals surface area contributed by atoms with Gasteiger partial charge >= 0.3 is 416 Å². The van der Waals surface area contributed by atoms with Crippen LogP contribution >= 0.6 is 0 Å². The summed E-state index contributed by atoms with van der Waals surface area (Å²) < 4.78 is 207. The van der Waals surface area contributed by atoms with Crippen LogP contribution in [0.1, 0.15) is 0 Å². The summed E-state index contributed by atoms with van der Waals surface area (Å²) in [6.07, 6.45) is 0. The van der Waals surface area contributed by atoms with Crippen LogP contribution < -0.4 is 39.9 Å². The maximum atomic E-state index is 8.61. The Morgan fingerprint density at radius 3 is 0.333 bits per heavy atom. The summed E-state index contributed by atoms with van der Waals surface area (Å²) in [5, 5.41) is 0. The van der Waals surface area contributed by atoms with Crippen molar-refractivity contribution < 1.29 is 265 Å². The van der Waals surface area contributed by atoms with Gasteiger partial charge in [-0.05, 0) is 0 Å². The van der Waals surface area contributed by atoms with Crippen molar-refractivity contribution in [3.8, 4) is 0 Å². The molecule has 0 atom stereocenters. The summed E-state index contributed by atoms with van der Waals surface area (Å²) in [6.45, 7) is 0. The molecule has 0 aromatic carbocycles. The molecule has 0 amide bonds. The minimum atomic E-state index is -4.29. The van der Waals surface area contributed by atoms with Gasteiger partial charge in [0.1, 0.15) is 0 Å². The van der Waals surface area contributed by atoms with Crippen LogP contribution in [0.5, 0.6) is 0 Å². The quantitative estimate of drug-likeness (QED) is 0.203. The molecule has 0 aliphatic rings. The second-order valence-electron chi connectivity index (χ2n) is 1.89. The molecule has 0 saturated heterocycles. The Balaban J connectivity index is -0.0000000127. The summed E-state index contributed by atoms with van der Waals surface area (Å²) >= 11 is -34.0. The molecule has 0 N–H and O–H groups in total. The van der Waals surface area contributed by atoms with Gasteiger partial charge in [0.05, 0.1) is 0 Å². The van der Waals surface area contributed by atoms with Crippen LogP contribution in [0.3, 0.4) is 0 Å². The number of hydrogen-bond acceptors (Lipinski definition) is 24. The van der Waals surface area contributed by atoms with Crippen LogP contribution in [-0.4, -0.2) is 151 Å². The van der Waals surface area contributed by atoms with Crippen molar-refractivity contribution in [2.24, 2.45) is 0 Å². The van der Waals surface area contributed by atoms with Crippen LogP contribution in [0.2, 0.25) is 0 Å². The van der Waals surface area contributed by atoms with E-state index in [1.165, 1.54) is 0 Å². The van der Waals surface area contributed by atoms with E-state index in [4.69, 9.17) is 77.2 Å². The van der Waals surface area contributed by atoms with Crippen LogP contribution in [0, 0.1) is 0 Å². The summed E-state index contributed by atoms with van der Waals surface area (Å²) in [5.41, 5.74) is 0. The predicted molar refractivity (Wildman–Crippen MR) is 42.8 cm³/mol. The van der Waals surface area contributed by atoms with Gasteiger partial charge in [-0.2, -0.15) is 0 Å². The molecule has 0 unspecified atom stereocenters. The second-order valence-corrected chi connectivity index (χ2v) is 11.2. The van der Waals surface area contributed by atoms with E-state index in [0.717, 1.165) is 0 Å². The van der Waals surface area contributed by atoms with Gasteiger partial charge in [0.25, 0.3) is 0 Å². The fraction of sp³-hybridized carbons (Fsp3) is 0. The van der Waals surface area contributed by atoms with E-state index in [0.29, 0.717) is 0 Å². The van der Waals surface area contributed by atoms with Crippen molar-refractivity contribution in [2.75, 3.05) is 0 Å². The molecular formula is Mg3Nb4O24Pb3TiZr4+4. The zero-order valence-corrected chi connectivity index (χ0v) is 53.8. The topological polar surface area (TPSA) is 482 Å². The Bertz CT molecular complexity index is 607. The molecule has 0 aromatic rings. The maximum Gasteiger partial charge on any atom is 4.00 e. The Morgan fingerprint density at radius 2 is 0.333 bits per heavy atom. The standard InChI is InChI=1S/3Mg.4Nb.24O.3Pb.Ti.4Zr/q3*+2;;;;;;;;;;;;;;;;;12*-1;3*+2;+4;;;;. The van der Waals surface area contributed by atoms with E-state index in [1.54, 1.807) is 0 Å². The number of rotatable bonds is 0. The van der Waals surface area contributed by atoms with Crippen molar-refractivity contribution in [2.45, 2.75) is 0 Å². The van der Waals surface area contributed by atoms with E-state index in [9.17, 15) is 0 Å². The van der Waals surface area contributed by atoms with E-state index >= 15 is 0 Å². The largest absolute Gasteiger partial charge is 4.00 e. The molecule has 0 fully saturated rings. The summed E-state index contributed by atoms with van der Waals surface area (Å²) in [4.78, 5) is 0. The normalized spacial score (nSPS) is 5.23. The van der Waals surface area contributed by atoms with Crippen LogP contribution in [0.15, 0.2) is 0 Å². The van der Waals surface area contributed by atoms with E-state index < -0.39 is 166 Å². The first kappa shape index (κ1) is 97.5. The first-order chi connectivity index (χ1) is 13.9. The van der Waals surface area contributed by atoms with Crippen molar-refractivity contribution in [1.29, 1.82) is 0 Å². The van der Waals surface area contributed by atoms with Crippen LogP contribution in [-0.2, 0) is 225 Å². The smallest absolute Gasteiger partial charge is 2.00 e. The van der Waals surface area contributed by atoms with Crippen LogP contribution in [0.25, 0.3) is 0 Å². The predicted octanol–water partition coefficient (Wildman–Crippen LogP) is -18.0. The third-order valence-corrected chi connectivity index (χ3v) is 0. The summed E-state index contributed by atoms with van der Waals surface area (Å²) in [5.74, 6) is 0. The van der Waals surface area contributed by atoms with Crippen LogP contribution in [0.4, 0.5) is 0 Å². The zero-order chi connectivity index (χ0) is 28.6. The summed E-state index contributed by atoms with van der Waals surface area (Å²) in [6, 6.07) is 0. The summed E-state index contributed by atoms with van der Waals surface area (Å²) in [7, 11) is 0. The van der Waals surface area contributed by atoms with Crippen molar-refractivity contribution >= 4 is 151 Å². The van der Waals surface area contributed by atoms with Crippen molar-refractivity contribution in [1.82, 2.24) is 0 Å². The SMILES string of the molecule is [Mg+2].[Mg+2].[Mg+2].[O]=[Nb](=[O])[O-].[O]=[Nb](=[O])[O-].[O]=[Nb](=[O])[O-].[O]=[Nb](=[O])[O-].[O]=[Zr]([O-])[O-].[O]=[Zr]([O-])[O-].[O]=[Zr]([O-])[O-].[O]=[Zr]([O-])[O-].[Pb+2].[Pb+2].[Pb+2].[Ti+4]. The van der Waals surface area contributed by atoms with Gasteiger partial charge in [0.2, 0.25) is 0 Å². The fourth-order valence-corrected chi connectivity index (χ4v) is 0. The Kier molecular flexibility index (Phi) is 229. The molecule has 39 heteroatoms. The van der Waals surface area contributed by atoms with Gasteiger partial charge in [-0.3, -0.25) is 0 Å². The third-order valence-electron chi connectivity index (χ3n) is 0. The van der Waals surface area contributed by atoms with E-state index in [-0.39, 0.29) is 173 Å². The molecule has 0 bridgehead atoms. The Morgan fingerprint density at radius 1 is 0.333 bits per heavy atom. The van der Waals surface area contributed by atoms with Crippen molar-refractivity contribution in [3.63, 3.8) is 0 Å². The molecule has 198 valence electrons. The minimum Gasteiger partial charge on any atom is 2.00 e.